The van der Waals surface area contributed by atoms with Gasteiger partial charge in [0.15, 0.2) is 0 Å². The molecule has 4 atom stereocenters. The number of nitrogens with one attached hydrogen (secondary N) is 6. The number of ether oxygens (including phenoxy) is 2. The number of carbonyl (C=O) groups excluding carboxylic acids is 2. The Bertz CT molecular complexity index is 3300. The third-order valence-electron chi connectivity index (χ3n) is 13.4. The number of fused-ring (bicyclic) bond motifs is 2. The number of carbonyl (C=O) groups is 2. The van der Waals surface area contributed by atoms with Crippen LogP contribution in [0.1, 0.15) is 56.9 Å². The van der Waals surface area contributed by atoms with Crippen molar-refractivity contribution >= 4 is 80.1 Å². The standard InChI is InChI=1S/C57H57Cl2N11O4/c1-3-52(71)64-36-17-21-40(22-18-36)73-42-11-7-10-39(29-42)67-57-63-33-49(59)55(69-57)47-31-61-51-25-16-35(27-45(47)51)34-70(2)26-8-15-53(72)65-37-19-23-41(24-20-37)74-43-12-6-9-38(28-43)66-56-62-32-48(58)54(68-56)46-30-60-50-14-5-4-13-44(46)50/h3-5,8,13-25,27,30-33,38-39,42-43,60-61H,1,6-7,9-12,26,28-29,34H2,2H3,(H,64,71)(H,65,72)(H,62,66,68)(H,63,67,69)/b15-8+/t38-,39-,42-,43+/m1/s1. The van der Waals surface area contributed by atoms with Crippen molar-refractivity contribution in [2.75, 3.05) is 34.9 Å². The monoisotopic (exact) mass is 1030 g/mol. The van der Waals surface area contributed by atoms with E-state index in [1.807, 2.05) is 92.2 Å². The van der Waals surface area contributed by atoms with Gasteiger partial charge in [-0.15, -0.1) is 0 Å². The number of benzene rings is 4. The maximum atomic E-state index is 13.0. The quantitative estimate of drug-likeness (QED) is 0.0449. The van der Waals surface area contributed by atoms with Crippen LogP contribution in [0.15, 0.2) is 141 Å². The van der Waals surface area contributed by atoms with Gasteiger partial charge in [0.25, 0.3) is 0 Å². The van der Waals surface area contributed by atoms with Crippen molar-refractivity contribution in [2.45, 2.75) is 82.2 Å². The van der Waals surface area contributed by atoms with Gasteiger partial charge in [-0.3, -0.25) is 14.5 Å². The van der Waals surface area contributed by atoms with E-state index in [4.69, 9.17) is 42.6 Å². The molecule has 0 radical (unpaired) electrons. The molecule has 2 aliphatic carbocycles. The fourth-order valence-corrected chi connectivity index (χ4v) is 10.2. The highest BCUT2D eigenvalue weighted by atomic mass is 35.5. The second-order valence-electron chi connectivity index (χ2n) is 18.9. The van der Waals surface area contributed by atoms with Crippen LogP contribution in [-0.4, -0.2) is 84.5 Å². The van der Waals surface area contributed by atoms with Gasteiger partial charge >= 0.3 is 0 Å². The highest BCUT2D eigenvalue weighted by molar-refractivity contribution is 6.33. The van der Waals surface area contributed by atoms with Gasteiger partial charge < -0.3 is 40.7 Å². The van der Waals surface area contributed by atoms with E-state index in [0.717, 1.165) is 101 Å². The summed E-state index contributed by atoms with van der Waals surface area (Å²) < 4.78 is 12.7. The van der Waals surface area contributed by atoms with E-state index >= 15 is 0 Å². The van der Waals surface area contributed by atoms with E-state index in [-0.39, 0.29) is 36.1 Å². The molecule has 8 aromatic rings. The molecule has 0 aliphatic heterocycles. The molecular formula is C57H57Cl2N11O4. The van der Waals surface area contributed by atoms with Gasteiger partial charge in [-0.1, -0.05) is 60.1 Å². The van der Waals surface area contributed by atoms with Gasteiger partial charge in [-0.05, 0) is 124 Å². The molecule has 4 aromatic carbocycles. The molecule has 0 bridgehead atoms. The van der Waals surface area contributed by atoms with Gasteiger partial charge in [0.1, 0.15) is 23.7 Å². The first-order valence-corrected chi connectivity index (χ1v) is 25.7. The van der Waals surface area contributed by atoms with Gasteiger partial charge in [0.05, 0.1) is 33.8 Å². The lowest BCUT2D eigenvalue weighted by Crippen LogP contribution is -2.33. The first-order chi connectivity index (χ1) is 36.1. The molecule has 0 spiro atoms. The minimum atomic E-state index is -0.258. The SMILES string of the molecule is C=CC(=O)Nc1ccc(O[C@@H]2CCC[C@@H](Nc3ncc(Cl)c(-c4c[nH]c5ccc(CN(C)C/C=C/C(=O)Nc6ccc(O[C@H]7CCC[C@@H](Nc8ncc(Cl)c(-c9c[nH]c%10ccccc9%10)n8)C7)cc6)cc45)n3)C2)cc1. The van der Waals surface area contributed by atoms with Crippen LogP contribution in [-0.2, 0) is 16.1 Å². The molecular weight excluding hydrogens is 974 g/mol. The van der Waals surface area contributed by atoms with Crippen molar-refractivity contribution < 1.29 is 19.1 Å². The Balaban J connectivity index is 0.684. The van der Waals surface area contributed by atoms with Crippen molar-refractivity contribution in [3.8, 4) is 34.0 Å². The van der Waals surface area contributed by atoms with Crippen molar-refractivity contribution in [1.82, 2.24) is 34.8 Å². The molecule has 6 N–H and O–H groups in total. The Kier molecular flexibility index (Phi) is 15.5. The predicted molar refractivity (Wildman–Crippen MR) is 295 cm³/mol. The number of halogens is 2. The first kappa shape index (κ1) is 49.8. The van der Waals surface area contributed by atoms with E-state index in [9.17, 15) is 9.59 Å². The number of rotatable bonds is 18. The molecule has 2 amide bonds. The van der Waals surface area contributed by atoms with Crippen LogP contribution in [0.5, 0.6) is 11.5 Å². The number of aromatic nitrogens is 6. The van der Waals surface area contributed by atoms with Crippen LogP contribution in [0, 0.1) is 0 Å². The molecule has 17 heteroatoms. The van der Waals surface area contributed by atoms with Crippen molar-refractivity contribution in [1.29, 1.82) is 0 Å². The third-order valence-corrected chi connectivity index (χ3v) is 14.0. The zero-order valence-electron chi connectivity index (χ0n) is 40.9. The number of aromatic amines is 2. The molecule has 0 saturated heterocycles. The smallest absolute Gasteiger partial charge is 0.248 e. The van der Waals surface area contributed by atoms with Crippen molar-refractivity contribution in [3.63, 3.8) is 0 Å². The summed E-state index contributed by atoms with van der Waals surface area (Å²) in [5, 5.41) is 15.8. The fourth-order valence-electron chi connectivity index (χ4n) is 9.82. The summed E-state index contributed by atoms with van der Waals surface area (Å²) in [7, 11) is 2.02. The maximum Gasteiger partial charge on any atom is 0.248 e. The highest BCUT2D eigenvalue weighted by Gasteiger charge is 2.26. The number of nitrogens with zero attached hydrogens (tertiary/aromatic N) is 5. The highest BCUT2D eigenvalue weighted by Crippen LogP contribution is 2.36. The van der Waals surface area contributed by atoms with Gasteiger partial charge in [0, 0.05) is 101 Å². The minimum absolute atomic E-state index is 0.0163. The molecule has 4 aromatic heterocycles. The molecule has 2 fully saturated rings. The lowest BCUT2D eigenvalue weighted by Gasteiger charge is -2.30. The predicted octanol–water partition coefficient (Wildman–Crippen LogP) is 12.2. The van der Waals surface area contributed by atoms with Crippen LogP contribution < -0.4 is 30.7 Å². The molecule has 10 rings (SSSR count). The molecule has 4 heterocycles. The van der Waals surface area contributed by atoms with Crippen LogP contribution in [0.3, 0.4) is 0 Å². The second kappa shape index (κ2) is 23.0. The van der Waals surface area contributed by atoms with Crippen LogP contribution >= 0.6 is 23.2 Å². The average Bonchev–Trinajstić information content (AvgIpc) is 4.04. The zero-order chi connectivity index (χ0) is 51.0. The normalized spacial score (nSPS) is 17.8. The number of hydrogen-bond donors (Lipinski definition) is 6. The van der Waals surface area contributed by atoms with Crippen molar-refractivity contribution in [3.05, 3.63) is 156 Å². The summed E-state index contributed by atoms with van der Waals surface area (Å²) in [5.41, 5.74) is 7.59. The number of amides is 2. The zero-order valence-corrected chi connectivity index (χ0v) is 42.4. The maximum absolute atomic E-state index is 13.0. The average molecular weight is 1030 g/mol. The number of anilines is 4. The fraction of sp³-hybridized carbons (Fsp3) is 0.263. The first-order valence-electron chi connectivity index (χ1n) is 25.0. The van der Waals surface area contributed by atoms with E-state index in [1.165, 1.54) is 6.08 Å². The molecule has 15 nitrogen and oxygen atoms in total. The Labute approximate surface area is 439 Å². The summed E-state index contributed by atoms with van der Waals surface area (Å²) in [5.74, 6) is 2.07. The number of para-hydroxylation sites is 1. The van der Waals surface area contributed by atoms with E-state index in [1.54, 1.807) is 18.5 Å². The van der Waals surface area contributed by atoms with E-state index < -0.39 is 0 Å². The Morgan fingerprint density at radius 2 is 1.24 bits per heavy atom. The van der Waals surface area contributed by atoms with Gasteiger partial charge in [-0.25, -0.2) is 19.9 Å². The summed E-state index contributed by atoms with van der Waals surface area (Å²) in [6, 6.07) is 29.5. The lowest BCUT2D eigenvalue weighted by molar-refractivity contribution is -0.112. The van der Waals surface area contributed by atoms with E-state index in [2.05, 4.69) is 76.9 Å². The van der Waals surface area contributed by atoms with Gasteiger partial charge in [-0.2, -0.15) is 0 Å². The number of likely N-dealkylation sites (N-methyl/N-ethyl adjacent to an activating group) is 1. The van der Waals surface area contributed by atoms with Crippen LogP contribution in [0.25, 0.3) is 44.3 Å². The minimum Gasteiger partial charge on any atom is -0.490 e. The topological polar surface area (TPSA) is 187 Å². The largest absolute Gasteiger partial charge is 0.490 e. The summed E-state index contributed by atoms with van der Waals surface area (Å²) in [6.07, 6.45) is 19.3. The molecule has 378 valence electrons. The molecule has 2 saturated carbocycles. The Hall–Kier alpha value is -7.72. The van der Waals surface area contributed by atoms with Crippen molar-refractivity contribution in [2.24, 2.45) is 0 Å². The summed E-state index contributed by atoms with van der Waals surface area (Å²) in [6.45, 7) is 4.71. The van der Waals surface area contributed by atoms with Gasteiger partial charge in [0.2, 0.25) is 23.7 Å². The number of H-pyrrole nitrogens is 2. The van der Waals surface area contributed by atoms with Crippen LogP contribution in [0.4, 0.5) is 23.3 Å². The summed E-state index contributed by atoms with van der Waals surface area (Å²) in [4.78, 5) is 52.2. The lowest BCUT2D eigenvalue weighted by atomic mass is 9.93. The van der Waals surface area contributed by atoms with Crippen LogP contribution in [0.2, 0.25) is 10.0 Å². The van der Waals surface area contributed by atoms with E-state index in [0.29, 0.717) is 57.8 Å². The Morgan fingerprint density at radius 3 is 1.82 bits per heavy atom. The molecule has 0 unspecified atom stereocenters. The summed E-state index contributed by atoms with van der Waals surface area (Å²) >= 11 is 13.4. The Morgan fingerprint density at radius 1 is 0.703 bits per heavy atom. The number of hydrogen-bond acceptors (Lipinski definition) is 11. The molecule has 2 aliphatic rings. The third kappa shape index (κ3) is 12.4. The molecule has 74 heavy (non-hydrogen) atoms. The second-order valence-corrected chi connectivity index (χ2v) is 19.8.